The summed E-state index contributed by atoms with van der Waals surface area (Å²) >= 11 is 6.83. The second-order valence-electron chi connectivity index (χ2n) is 4.62. The average Bonchev–Trinajstić information content (AvgIpc) is 2.45. The van der Waals surface area contributed by atoms with E-state index in [1.807, 2.05) is 49.4 Å². The number of rotatable bonds is 6. The van der Waals surface area contributed by atoms with Crippen LogP contribution >= 0.6 is 31.9 Å². The van der Waals surface area contributed by atoms with Crippen molar-refractivity contribution in [1.29, 1.82) is 0 Å². The highest BCUT2D eigenvalue weighted by Gasteiger charge is 2.08. The van der Waals surface area contributed by atoms with Crippen molar-refractivity contribution < 1.29 is 9.47 Å². The molecule has 0 bridgehead atoms. The standard InChI is InChI=1S/C16H17Br2NO2/c1-11(19)15-7-4-13(18)10-16(15)21-9-8-20-14-5-2-12(17)3-6-14/h2-7,10-11H,8-9,19H2,1H3. The zero-order valence-corrected chi connectivity index (χ0v) is 14.9. The molecular weight excluding hydrogens is 398 g/mol. The van der Waals surface area contributed by atoms with Gasteiger partial charge in [0.1, 0.15) is 24.7 Å². The molecule has 0 spiro atoms. The third kappa shape index (κ3) is 5.02. The summed E-state index contributed by atoms with van der Waals surface area (Å²) < 4.78 is 13.4. The van der Waals surface area contributed by atoms with Crippen molar-refractivity contribution in [2.75, 3.05) is 13.2 Å². The molecule has 0 fully saturated rings. The van der Waals surface area contributed by atoms with Gasteiger partial charge in [0.15, 0.2) is 0 Å². The van der Waals surface area contributed by atoms with Gasteiger partial charge in [-0.2, -0.15) is 0 Å². The highest BCUT2D eigenvalue weighted by Crippen LogP contribution is 2.27. The van der Waals surface area contributed by atoms with Crippen molar-refractivity contribution in [2.45, 2.75) is 13.0 Å². The largest absolute Gasteiger partial charge is 0.490 e. The first-order chi connectivity index (χ1) is 10.1. The number of benzene rings is 2. The van der Waals surface area contributed by atoms with Crippen LogP contribution in [0.15, 0.2) is 51.4 Å². The second kappa shape index (κ2) is 7.82. The molecule has 0 aliphatic carbocycles. The Labute approximate surface area is 141 Å². The first-order valence-corrected chi connectivity index (χ1v) is 8.21. The first kappa shape index (κ1) is 16.3. The van der Waals surface area contributed by atoms with Crippen LogP contribution in [-0.4, -0.2) is 13.2 Å². The van der Waals surface area contributed by atoms with Crippen LogP contribution < -0.4 is 15.2 Å². The Kier molecular flexibility index (Phi) is 6.08. The summed E-state index contributed by atoms with van der Waals surface area (Å²) in [6.07, 6.45) is 0. The highest BCUT2D eigenvalue weighted by molar-refractivity contribution is 9.10. The Hall–Kier alpha value is -1.04. The van der Waals surface area contributed by atoms with Gasteiger partial charge in [-0.15, -0.1) is 0 Å². The number of ether oxygens (including phenoxy) is 2. The molecule has 2 aromatic carbocycles. The Balaban J connectivity index is 1.88. The van der Waals surface area contributed by atoms with Crippen LogP contribution in [0.5, 0.6) is 11.5 Å². The molecule has 0 aromatic heterocycles. The molecule has 1 atom stereocenters. The monoisotopic (exact) mass is 413 g/mol. The lowest BCUT2D eigenvalue weighted by atomic mass is 10.1. The fraction of sp³-hybridized carbons (Fsp3) is 0.250. The highest BCUT2D eigenvalue weighted by atomic mass is 79.9. The topological polar surface area (TPSA) is 44.5 Å². The zero-order valence-electron chi connectivity index (χ0n) is 11.7. The summed E-state index contributed by atoms with van der Waals surface area (Å²) in [5, 5.41) is 0. The summed E-state index contributed by atoms with van der Waals surface area (Å²) in [5.74, 6) is 1.61. The van der Waals surface area contributed by atoms with Gasteiger partial charge < -0.3 is 15.2 Å². The van der Waals surface area contributed by atoms with Crippen molar-refractivity contribution in [2.24, 2.45) is 5.73 Å². The van der Waals surface area contributed by atoms with Gasteiger partial charge in [0.2, 0.25) is 0 Å². The van der Waals surface area contributed by atoms with Crippen molar-refractivity contribution in [3.05, 3.63) is 57.0 Å². The maximum absolute atomic E-state index is 5.94. The lowest BCUT2D eigenvalue weighted by Crippen LogP contribution is -2.12. The van der Waals surface area contributed by atoms with Crippen molar-refractivity contribution in [3.63, 3.8) is 0 Å². The number of hydrogen-bond donors (Lipinski definition) is 1. The van der Waals surface area contributed by atoms with Crippen LogP contribution in [0.1, 0.15) is 18.5 Å². The maximum atomic E-state index is 5.94. The summed E-state index contributed by atoms with van der Waals surface area (Å²) in [5.41, 5.74) is 6.93. The molecule has 0 radical (unpaired) electrons. The van der Waals surface area contributed by atoms with Crippen LogP contribution in [0.25, 0.3) is 0 Å². The van der Waals surface area contributed by atoms with Crippen molar-refractivity contribution >= 4 is 31.9 Å². The molecule has 0 aliphatic rings. The van der Waals surface area contributed by atoms with E-state index < -0.39 is 0 Å². The zero-order chi connectivity index (χ0) is 15.2. The Bertz CT molecular complexity index is 585. The van der Waals surface area contributed by atoms with Crippen LogP contribution in [0, 0.1) is 0 Å². The molecule has 0 heterocycles. The fourth-order valence-corrected chi connectivity index (χ4v) is 2.46. The van der Waals surface area contributed by atoms with Gasteiger partial charge >= 0.3 is 0 Å². The summed E-state index contributed by atoms with van der Waals surface area (Å²) in [6, 6.07) is 13.5. The number of hydrogen-bond acceptors (Lipinski definition) is 3. The van der Waals surface area contributed by atoms with Gasteiger partial charge in [0.25, 0.3) is 0 Å². The van der Waals surface area contributed by atoms with Gasteiger partial charge in [-0.3, -0.25) is 0 Å². The third-order valence-corrected chi connectivity index (χ3v) is 3.91. The molecule has 112 valence electrons. The third-order valence-electron chi connectivity index (χ3n) is 2.89. The van der Waals surface area contributed by atoms with Gasteiger partial charge in [0.05, 0.1) is 0 Å². The molecular formula is C16H17Br2NO2. The van der Waals surface area contributed by atoms with E-state index in [1.165, 1.54) is 0 Å². The van der Waals surface area contributed by atoms with Crippen molar-refractivity contribution in [3.8, 4) is 11.5 Å². The summed E-state index contributed by atoms with van der Waals surface area (Å²) in [4.78, 5) is 0. The van der Waals surface area contributed by atoms with E-state index >= 15 is 0 Å². The van der Waals surface area contributed by atoms with Crippen LogP contribution in [0.3, 0.4) is 0 Å². The Morgan fingerprint density at radius 2 is 1.57 bits per heavy atom. The Morgan fingerprint density at radius 3 is 2.24 bits per heavy atom. The molecule has 0 amide bonds. The minimum atomic E-state index is -0.0690. The van der Waals surface area contributed by atoms with E-state index in [0.717, 1.165) is 26.0 Å². The van der Waals surface area contributed by atoms with E-state index in [4.69, 9.17) is 15.2 Å². The van der Waals surface area contributed by atoms with Crippen LogP contribution in [-0.2, 0) is 0 Å². The lowest BCUT2D eigenvalue weighted by Gasteiger charge is -2.15. The molecule has 0 saturated heterocycles. The van der Waals surface area contributed by atoms with E-state index in [9.17, 15) is 0 Å². The number of halogens is 2. The van der Waals surface area contributed by atoms with E-state index in [0.29, 0.717) is 13.2 Å². The molecule has 2 rings (SSSR count). The predicted octanol–water partition coefficient (Wildman–Crippen LogP) is 4.69. The molecule has 21 heavy (non-hydrogen) atoms. The van der Waals surface area contributed by atoms with Crippen molar-refractivity contribution in [1.82, 2.24) is 0 Å². The maximum Gasteiger partial charge on any atom is 0.125 e. The van der Waals surface area contributed by atoms with Gasteiger partial charge in [-0.1, -0.05) is 37.9 Å². The number of nitrogens with two attached hydrogens (primary N) is 1. The van der Waals surface area contributed by atoms with Crippen LogP contribution in [0.2, 0.25) is 0 Å². The molecule has 1 unspecified atom stereocenters. The van der Waals surface area contributed by atoms with Gasteiger partial charge in [-0.05, 0) is 43.3 Å². The average molecular weight is 415 g/mol. The predicted molar refractivity (Wildman–Crippen MR) is 91.9 cm³/mol. The van der Waals surface area contributed by atoms with Gasteiger partial charge in [-0.25, -0.2) is 0 Å². The summed E-state index contributed by atoms with van der Waals surface area (Å²) in [7, 11) is 0. The minimum absolute atomic E-state index is 0.0690. The SMILES string of the molecule is CC(N)c1ccc(Br)cc1OCCOc1ccc(Br)cc1. The fourth-order valence-electron chi connectivity index (χ4n) is 1.85. The molecule has 5 heteroatoms. The van der Waals surface area contributed by atoms with E-state index in [-0.39, 0.29) is 6.04 Å². The van der Waals surface area contributed by atoms with E-state index in [1.54, 1.807) is 0 Å². The summed E-state index contributed by atoms with van der Waals surface area (Å²) in [6.45, 7) is 2.88. The molecule has 3 nitrogen and oxygen atoms in total. The minimum Gasteiger partial charge on any atom is -0.490 e. The normalized spacial score (nSPS) is 12.0. The van der Waals surface area contributed by atoms with E-state index in [2.05, 4.69) is 31.9 Å². The first-order valence-electron chi connectivity index (χ1n) is 6.62. The quantitative estimate of drug-likeness (QED) is 0.697. The molecule has 2 aromatic rings. The Morgan fingerprint density at radius 1 is 0.952 bits per heavy atom. The molecule has 2 N–H and O–H groups in total. The van der Waals surface area contributed by atoms with Crippen LogP contribution in [0.4, 0.5) is 0 Å². The molecule has 0 aliphatic heterocycles. The lowest BCUT2D eigenvalue weighted by molar-refractivity contribution is 0.215. The molecule has 0 saturated carbocycles. The smallest absolute Gasteiger partial charge is 0.125 e. The second-order valence-corrected chi connectivity index (χ2v) is 6.45. The van der Waals surface area contributed by atoms with Gasteiger partial charge in [0, 0.05) is 20.6 Å².